The second kappa shape index (κ2) is 6.35. The van der Waals surface area contributed by atoms with E-state index in [4.69, 9.17) is 11.6 Å². The van der Waals surface area contributed by atoms with Gasteiger partial charge < -0.3 is 4.90 Å². The second-order valence-electron chi connectivity index (χ2n) is 4.24. The number of hydrogen-bond donors (Lipinski definition) is 0. The fourth-order valence-corrected chi connectivity index (χ4v) is 2.75. The van der Waals surface area contributed by atoms with Gasteiger partial charge in [0.05, 0.1) is 21.7 Å². The molecular weight excluding hydrogens is 326 g/mol. The van der Waals surface area contributed by atoms with Gasteiger partial charge in [0.15, 0.2) is 0 Å². The summed E-state index contributed by atoms with van der Waals surface area (Å²) in [6.07, 6.45) is 1.66. The Kier molecular flexibility index (Phi) is 4.77. The lowest BCUT2D eigenvalue weighted by Crippen LogP contribution is -2.24. The fraction of sp³-hybridized carbons (Fsp3) is 0.286. The van der Waals surface area contributed by atoms with Crippen LogP contribution >= 0.6 is 27.5 Å². The molecule has 2 aromatic heterocycles. The van der Waals surface area contributed by atoms with Crippen molar-refractivity contribution in [1.82, 2.24) is 9.97 Å². The van der Waals surface area contributed by atoms with Gasteiger partial charge in [0.1, 0.15) is 5.82 Å². The van der Waals surface area contributed by atoms with E-state index in [1.165, 1.54) is 0 Å². The first kappa shape index (κ1) is 14.3. The molecule has 0 saturated heterocycles. The largest absolute Gasteiger partial charge is 0.350 e. The minimum Gasteiger partial charge on any atom is -0.350 e. The third kappa shape index (κ3) is 3.67. The highest BCUT2D eigenvalue weighted by molar-refractivity contribution is 9.10. The molecule has 0 unspecified atom stereocenters. The van der Waals surface area contributed by atoms with Crippen LogP contribution in [0.25, 0.3) is 0 Å². The fourth-order valence-electron chi connectivity index (χ4n) is 1.86. The summed E-state index contributed by atoms with van der Waals surface area (Å²) in [6.45, 7) is 5.67. The zero-order valence-corrected chi connectivity index (χ0v) is 13.2. The van der Waals surface area contributed by atoms with Gasteiger partial charge in [-0.15, -0.1) is 0 Å². The van der Waals surface area contributed by atoms with Crippen LogP contribution in [0.3, 0.4) is 0 Å². The molecule has 0 bridgehead atoms. The number of hydrogen-bond acceptors (Lipinski definition) is 3. The van der Waals surface area contributed by atoms with Gasteiger partial charge in [0.25, 0.3) is 0 Å². The summed E-state index contributed by atoms with van der Waals surface area (Å²) in [5.74, 6) is 0.884. The Balaban J connectivity index is 2.25. The number of anilines is 1. The monoisotopic (exact) mass is 339 g/mol. The van der Waals surface area contributed by atoms with E-state index in [2.05, 4.69) is 37.7 Å². The molecule has 0 spiro atoms. The second-order valence-corrected chi connectivity index (χ2v) is 5.53. The number of aryl methyl sites for hydroxylation is 1. The van der Waals surface area contributed by atoms with Crippen LogP contribution < -0.4 is 4.90 Å². The van der Waals surface area contributed by atoms with E-state index in [1.807, 2.05) is 31.2 Å². The van der Waals surface area contributed by atoms with Crippen LogP contribution in [-0.2, 0) is 6.54 Å². The van der Waals surface area contributed by atoms with Gasteiger partial charge in [0.2, 0.25) is 0 Å². The number of pyridine rings is 2. The topological polar surface area (TPSA) is 29.0 Å². The normalized spacial score (nSPS) is 10.5. The predicted octanol–water partition coefficient (Wildman–Crippen LogP) is 4.23. The first-order chi connectivity index (χ1) is 9.10. The average Bonchev–Trinajstić information content (AvgIpc) is 2.37. The molecule has 0 aliphatic carbocycles. The van der Waals surface area contributed by atoms with Gasteiger partial charge in [0, 0.05) is 18.4 Å². The van der Waals surface area contributed by atoms with Gasteiger partial charge in [-0.2, -0.15) is 0 Å². The molecule has 2 rings (SSSR count). The zero-order valence-electron chi connectivity index (χ0n) is 10.9. The Bertz CT molecular complexity index is 574. The molecule has 0 aliphatic rings. The maximum atomic E-state index is 5.92. The highest BCUT2D eigenvalue weighted by Gasteiger charge is 2.11. The van der Waals surface area contributed by atoms with Crippen LogP contribution in [0.1, 0.15) is 18.3 Å². The Morgan fingerprint density at radius 2 is 2.16 bits per heavy atom. The minimum atomic E-state index is 0.625. The lowest BCUT2D eigenvalue weighted by Gasteiger charge is -2.22. The van der Waals surface area contributed by atoms with Crippen molar-refractivity contribution in [1.29, 1.82) is 0 Å². The molecule has 0 fully saturated rings. The molecule has 0 aromatic carbocycles. The number of nitrogens with zero attached hydrogens (tertiary/aromatic N) is 3. The zero-order chi connectivity index (χ0) is 13.8. The lowest BCUT2D eigenvalue weighted by atomic mass is 10.3. The third-order valence-corrected chi connectivity index (χ3v) is 3.56. The van der Waals surface area contributed by atoms with Crippen molar-refractivity contribution in [2.75, 3.05) is 11.4 Å². The SMILES string of the molecule is CCN(Cc1cccc(C)n1)c1ncc(Cl)cc1Br. The quantitative estimate of drug-likeness (QED) is 0.834. The average molecular weight is 341 g/mol. The van der Waals surface area contributed by atoms with E-state index in [0.717, 1.165) is 34.8 Å². The number of halogens is 2. The van der Waals surface area contributed by atoms with Gasteiger partial charge in [-0.25, -0.2) is 4.98 Å². The highest BCUT2D eigenvalue weighted by atomic mass is 79.9. The van der Waals surface area contributed by atoms with E-state index in [-0.39, 0.29) is 0 Å². The maximum Gasteiger partial charge on any atom is 0.143 e. The van der Waals surface area contributed by atoms with Crippen LogP contribution in [0.5, 0.6) is 0 Å². The first-order valence-corrected chi connectivity index (χ1v) is 7.25. The molecular formula is C14H15BrClN3. The van der Waals surface area contributed by atoms with Gasteiger partial charge in [-0.3, -0.25) is 4.98 Å². The first-order valence-electron chi connectivity index (χ1n) is 6.08. The molecule has 5 heteroatoms. The van der Waals surface area contributed by atoms with Gasteiger partial charge in [-0.1, -0.05) is 17.7 Å². The van der Waals surface area contributed by atoms with E-state index >= 15 is 0 Å². The molecule has 0 amide bonds. The van der Waals surface area contributed by atoms with E-state index in [9.17, 15) is 0 Å². The summed E-state index contributed by atoms with van der Waals surface area (Å²) < 4.78 is 0.898. The van der Waals surface area contributed by atoms with Crippen molar-refractivity contribution in [3.8, 4) is 0 Å². The Labute approximate surface area is 126 Å². The third-order valence-electron chi connectivity index (χ3n) is 2.77. The molecule has 100 valence electrons. The van der Waals surface area contributed by atoms with Crippen LogP contribution in [0.4, 0.5) is 5.82 Å². The molecule has 2 heterocycles. The number of rotatable bonds is 4. The van der Waals surface area contributed by atoms with Crippen LogP contribution in [0, 0.1) is 6.92 Å². The molecule has 3 nitrogen and oxygen atoms in total. The van der Waals surface area contributed by atoms with E-state index in [0.29, 0.717) is 5.02 Å². The Morgan fingerprint density at radius 1 is 1.37 bits per heavy atom. The molecule has 0 atom stereocenters. The van der Waals surface area contributed by atoms with E-state index < -0.39 is 0 Å². The molecule has 0 N–H and O–H groups in total. The standard InChI is InChI=1S/C14H15BrClN3/c1-3-19(9-12-6-4-5-10(2)18-12)14-13(15)7-11(16)8-17-14/h4-8H,3,9H2,1-2H3. The molecule has 0 aliphatic heterocycles. The number of aromatic nitrogens is 2. The van der Waals surface area contributed by atoms with Crippen molar-refractivity contribution in [2.24, 2.45) is 0 Å². The lowest BCUT2D eigenvalue weighted by molar-refractivity contribution is 0.788. The maximum absolute atomic E-state index is 5.92. The molecule has 19 heavy (non-hydrogen) atoms. The predicted molar refractivity (Wildman–Crippen MR) is 82.6 cm³/mol. The highest BCUT2D eigenvalue weighted by Crippen LogP contribution is 2.27. The van der Waals surface area contributed by atoms with Crippen molar-refractivity contribution in [2.45, 2.75) is 20.4 Å². The molecule has 0 saturated carbocycles. The summed E-state index contributed by atoms with van der Waals surface area (Å²) in [5.41, 5.74) is 2.06. The Morgan fingerprint density at radius 3 is 2.79 bits per heavy atom. The minimum absolute atomic E-state index is 0.625. The summed E-state index contributed by atoms with van der Waals surface area (Å²) in [7, 11) is 0. The van der Waals surface area contributed by atoms with Gasteiger partial charge >= 0.3 is 0 Å². The van der Waals surface area contributed by atoms with Crippen LogP contribution in [0.15, 0.2) is 34.9 Å². The van der Waals surface area contributed by atoms with E-state index in [1.54, 1.807) is 6.20 Å². The summed E-state index contributed by atoms with van der Waals surface area (Å²) in [4.78, 5) is 11.1. The summed E-state index contributed by atoms with van der Waals surface area (Å²) in [6, 6.07) is 7.90. The van der Waals surface area contributed by atoms with Crippen molar-refractivity contribution in [3.63, 3.8) is 0 Å². The van der Waals surface area contributed by atoms with Crippen molar-refractivity contribution >= 4 is 33.3 Å². The van der Waals surface area contributed by atoms with Crippen LogP contribution in [-0.4, -0.2) is 16.5 Å². The Hall–Kier alpha value is -1.13. The van der Waals surface area contributed by atoms with Crippen molar-refractivity contribution < 1.29 is 0 Å². The van der Waals surface area contributed by atoms with Crippen molar-refractivity contribution in [3.05, 3.63) is 51.3 Å². The van der Waals surface area contributed by atoms with Crippen LogP contribution in [0.2, 0.25) is 5.02 Å². The van der Waals surface area contributed by atoms with Gasteiger partial charge in [-0.05, 0) is 48.0 Å². The molecule has 0 radical (unpaired) electrons. The molecule has 2 aromatic rings. The summed E-state index contributed by atoms with van der Waals surface area (Å²) in [5, 5.41) is 0.625. The smallest absolute Gasteiger partial charge is 0.143 e. The summed E-state index contributed by atoms with van der Waals surface area (Å²) >= 11 is 9.43.